The summed E-state index contributed by atoms with van der Waals surface area (Å²) in [6, 6.07) is 7.43. The minimum atomic E-state index is -1.15. The highest BCUT2D eigenvalue weighted by Crippen LogP contribution is 2.22. The van der Waals surface area contributed by atoms with Gasteiger partial charge in [-0.3, -0.25) is 4.79 Å². The number of halogens is 1. The molecule has 0 saturated heterocycles. The smallest absolute Gasteiger partial charge is 0.323 e. The Bertz CT molecular complexity index is 365. The van der Waals surface area contributed by atoms with Crippen molar-refractivity contribution in [3.8, 4) is 0 Å². The number of carboxylic acids is 1. The van der Waals surface area contributed by atoms with E-state index >= 15 is 0 Å². The molecule has 3 N–H and O–H groups in total. The van der Waals surface area contributed by atoms with Crippen molar-refractivity contribution in [1.29, 1.82) is 0 Å². The minimum absolute atomic E-state index is 0.426. The largest absolute Gasteiger partial charge is 0.480 e. The monoisotopic (exact) mass is 259 g/mol. The summed E-state index contributed by atoms with van der Waals surface area (Å²) < 4.78 is 0. The molecule has 88 valence electrons. The zero-order valence-corrected chi connectivity index (χ0v) is 10.5. The SMILES string of the molecule is CC(N)(CCSc1ccc(Cl)cc1)C(=O)O. The zero-order chi connectivity index (χ0) is 12.2. The zero-order valence-electron chi connectivity index (χ0n) is 8.94. The number of benzene rings is 1. The Hall–Kier alpha value is -0.710. The highest BCUT2D eigenvalue weighted by molar-refractivity contribution is 7.99. The standard InChI is InChI=1S/C11H14ClNO2S/c1-11(13,10(14)15)6-7-16-9-4-2-8(12)3-5-9/h2-5H,6-7,13H2,1H3,(H,14,15). The fourth-order valence-corrected chi connectivity index (χ4v) is 2.23. The van der Waals surface area contributed by atoms with E-state index in [1.165, 1.54) is 6.92 Å². The van der Waals surface area contributed by atoms with Gasteiger partial charge in [0.05, 0.1) is 0 Å². The van der Waals surface area contributed by atoms with Crippen LogP contribution in [0.5, 0.6) is 0 Å². The van der Waals surface area contributed by atoms with Gasteiger partial charge in [-0.25, -0.2) is 0 Å². The normalized spacial score (nSPS) is 14.4. The number of rotatable bonds is 5. The number of thioether (sulfide) groups is 1. The van der Waals surface area contributed by atoms with Crippen molar-refractivity contribution in [3.63, 3.8) is 0 Å². The Morgan fingerprint density at radius 1 is 1.50 bits per heavy atom. The molecule has 0 bridgehead atoms. The van der Waals surface area contributed by atoms with Crippen LogP contribution in [0.25, 0.3) is 0 Å². The van der Waals surface area contributed by atoms with Crippen molar-refractivity contribution in [2.24, 2.45) is 5.73 Å². The lowest BCUT2D eigenvalue weighted by molar-refractivity contribution is -0.142. The van der Waals surface area contributed by atoms with Crippen LogP contribution in [0.15, 0.2) is 29.2 Å². The second-order valence-electron chi connectivity index (χ2n) is 3.78. The lowest BCUT2D eigenvalue weighted by atomic mass is 10.0. The molecular formula is C11H14ClNO2S. The number of carbonyl (C=O) groups is 1. The minimum Gasteiger partial charge on any atom is -0.480 e. The van der Waals surface area contributed by atoms with Gasteiger partial charge in [-0.05, 0) is 37.6 Å². The van der Waals surface area contributed by atoms with Crippen molar-refractivity contribution in [2.75, 3.05) is 5.75 Å². The maximum absolute atomic E-state index is 10.8. The summed E-state index contributed by atoms with van der Waals surface area (Å²) in [6.07, 6.45) is 0.426. The summed E-state index contributed by atoms with van der Waals surface area (Å²) in [5.41, 5.74) is 4.46. The van der Waals surface area contributed by atoms with Gasteiger partial charge in [-0.1, -0.05) is 11.6 Å². The Balaban J connectivity index is 2.41. The Labute approximate surface area is 104 Å². The molecule has 0 aliphatic heterocycles. The van der Waals surface area contributed by atoms with E-state index in [9.17, 15) is 4.79 Å². The van der Waals surface area contributed by atoms with Crippen LogP contribution in [0.3, 0.4) is 0 Å². The van der Waals surface area contributed by atoms with Crippen LogP contribution >= 0.6 is 23.4 Å². The Morgan fingerprint density at radius 3 is 2.56 bits per heavy atom. The van der Waals surface area contributed by atoms with E-state index in [1.54, 1.807) is 11.8 Å². The molecule has 1 aromatic rings. The van der Waals surface area contributed by atoms with E-state index in [-0.39, 0.29) is 0 Å². The van der Waals surface area contributed by atoms with Crippen molar-refractivity contribution < 1.29 is 9.90 Å². The average molecular weight is 260 g/mol. The maximum Gasteiger partial charge on any atom is 0.323 e. The number of carboxylic acid groups (broad SMARTS) is 1. The van der Waals surface area contributed by atoms with E-state index in [4.69, 9.17) is 22.4 Å². The summed E-state index contributed by atoms with van der Waals surface area (Å²) in [5.74, 6) is -0.301. The highest BCUT2D eigenvalue weighted by Gasteiger charge is 2.26. The first-order valence-electron chi connectivity index (χ1n) is 4.82. The first-order valence-corrected chi connectivity index (χ1v) is 6.19. The number of aliphatic carboxylic acids is 1. The molecule has 1 aromatic carbocycles. The van der Waals surface area contributed by atoms with Gasteiger partial charge in [0.25, 0.3) is 0 Å². The third-order valence-electron chi connectivity index (χ3n) is 2.19. The molecule has 16 heavy (non-hydrogen) atoms. The fraction of sp³-hybridized carbons (Fsp3) is 0.364. The molecule has 0 radical (unpaired) electrons. The second kappa shape index (κ2) is 5.57. The third-order valence-corrected chi connectivity index (χ3v) is 3.46. The molecule has 0 aliphatic rings. The Morgan fingerprint density at radius 2 is 2.06 bits per heavy atom. The molecule has 1 unspecified atom stereocenters. The molecule has 0 heterocycles. The molecule has 5 heteroatoms. The van der Waals surface area contributed by atoms with Crippen LogP contribution in [0, 0.1) is 0 Å². The van der Waals surface area contributed by atoms with Crippen molar-refractivity contribution in [2.45, 2.75) is 23.8 Å². The fourth-order valence-electron chi connectivity index (χ4n) is 1.02. The van der Waals surface area contributed by atoms with E-state index in [2.05, 4.69) is 0 Å². The van der Waals surface area contributed by atoms with Gasteiger partial charge in [-0.2, -0.15) is 0 Å². The summed E-state index contributed by atoms with van der Waals surface area (Å²) in [7, 11) is 0. The van der Waals surface area contributed by atoms with Gasteiger partial charge in [0.15, 0.2) is 0 Å². The summed E-state index contributed by atoms with van der Waals surface area (Å²) in [5, 5.41) is 9.52. The molecule has 0 spiro atoms. The predicted molar refractivity (Wildman–Crippen MR) is 67.0 cm³/mol. The highest BCUT2D eigenvalue weighted by atomic mass is 35.5. The molecule has 3 nitrogen and oxygen atoms in total. The number of nitrogens with two attached hydrogens (primary N) is 1. The molecule has 0 saturated carbocycles. The topological polar surface area (TPSA) is 63.3 Å². The summed E-state index contributed by atoms with van der Waals surface area (Å²) in [6.45, 7) is 1.53. The first-order chi connectivity index (χ1) is 7.42. The van der Waals surface area contributed by atoms with Crippen LogP contribution in [0.4, 0.5) is 0 Å². The molecule has 0 amide bonds. The van der Waals surface area contributed by atoms with Gasteiger partial charge in [-0.15, -0.1) is 11.8 Å². The summed E-state index contributed by atoms with van der Waals surface area (Å²) >= 11 is 7.32. The van der Waals surface area contributed by atoms with E-state index in [1.807, 2.05) is 24.3 Å². The van der Waals surface area contributed by atoms with Crippen molar-refractivity contribution in [3.05, 3.63) is 29.3 Å². The van der Waals surface area contributed by atoms with Crippen LogP contribution < -0.4 is 5.73 Å². The van der Waals surface area contributed by atoms with Gasteiger partial charge in [0.1, 0.15) is 5.54 Å². The maximum atomic E-state index is 10.8. The van der Waals surface area contributed by atoms with Crippen LogP contribution in [-0.4, -0.2) is 22.4 Å². The van der Waals surface area contributed by atoms with Crippen LogP contribution in [0.1, 0.15) is 13.3 Å². The van der Waals surface area contributed by atoms with Gasteiger partial charge in [0.2, 0.25) is 0 Å². The summed E-state index contributed by atoms with van der Waals surface area (Å²) in [4.78, 5) is 11.8. The molecule has 0 aliphatic carbocycles. The van der Waals surface area contributed by atoms with E-state index in [0.717, 1.165) is 4.90 Å². The van der Waals surface area contributed by atoms with Gasteiger partial charge < -0.3 is 10.8 Å². The Kier molecular flexibility index (Phi) is 4.65. The van der Waals surface area contributed by atoms with Crippen molar-refractivity contribution in [1.82, 2.24) is 0 Å². The molecule has 1 atom stereocenters. The quantitative estimate of drug-likeness (QED) is 0.798. The number of hydrogen-bond donors (Lipinski definition) is 2. The van der Waals surface area contributed by atoms with Crippen molar-refractivity contribution >= 4 is 29.3 Å². The lowest BCUT2D eigenvalue weighted by Crippen LogP contribution is -2.45. The van der Waals surface area contributed by atoms with Crippen LogP contribution in [0.2, 0.25) is 5.02 Å². The van der Waals surface area contributed by atoms with Gasteiger partial charge >= 0.3 is 5.97 Å². The molecular weight excluding hydrogens is 246 g/mol. The average Bonchev–Trinajstić information content (AvgIpc) is 2.20. The predicted octanol–water partition coefficient (Wildman–Crippen LogP) is 2.62. The molecule has 0 aromatic heterocycles. The van der Waals surface area contributed by atoms with Crippen LogP contribution in [-0.2, 0) is 4.79 Å². The third kappa shape index (κ3) is 4.04. The van der Waals surface area contributed by atoms with E-state index < -0.39 is 11.5 Å². The molecule has 1 rings (SSSR count). The number of hydrogen-bond acceptors (Lipinski definition) is 3. The van der Waals surface area contributed by atoms with Gasteiger partial charge in [0, 0.05) is 15.7 Å². The second-order valence-corrected chi connectivity index (χ2v) is 5.38. The first kappa shape index (κ1) is 13.4. The molecule has 0 fully saturated rings. The van der Waals surface area contributed by atoms with E-state index in [0.29, 0.717) is 17.2 Å². The lowest BCUT2D eigenvalue weighted by Gasteiger charge is -2.18.